The van der Waals surface area contributed by atoms with Crippen molar-refractivity contribution in [3.63, 3.8) is 0 Å². The average Bonchev–Trinajstić information content (AvgIpc) is 2.66. The van der Waals surface area contributed by atoms with Crippen LogP contribution in [0.25, 0.3) is 11.0 Å². The molecule has 0 unspecified atom stereocenters. The summed E-state index contributed by atoms with van der Waals surface area (Å²) >= 11 is 0. The molecule has 0 fully saturated rings. The molecule has 1 aromatic heterocycles. The van der Waals surface area contributed by atoms with Crippen LogP contribution in [0.3, 0.4) is 0 Å². The maximum Gasteiger partial charge on any atom is 0.336 e. The zero-order chi connectivity index (χ0) is 18.3. The van der Waals surface area contributed by atoms with E-state index in [2.05, 4.69) is 0 Å². The summed E-state index contributed by atoms with van der Waals surface area (Å²) in [5.74, 6) is -0.529. The predicted molar refractivity (Wildman–Crippen MR) is 100.0 cm³/mol. The monoisotopic (exact) mass is 349 g/mol. The van der Waals surface area contributed by atoms with E-state index in [1.807, 2.05) is 31.2 Å². The fourth-order valence-corrected chi connectivity index (χ4v) is 3.66. The first-order chi connectivity index (χ1) is 12.6. The Labute approximate surface area is 150 Å². The minimum Gasteiger partial charge on any atom is -0.507 e. The third-order valence-electron chi connectivity index (χ3n) is 4.93. The third-order valence-corrected chi connectivity index (χ3v) is 4.93. The number of fused-ring (bicyclic) bond motifs is 2. The molecule has 1 amide bonds. The second-order valence-corrected chi connectivity index (χ2v) is 6.47. The molecule has 1 aliphatic heterocycles. The lowest BCUT2D eigenvalue weighted by atomic mass is 9.99. The number of para-hydroxylation sites is 1. The van der Waals surface area contributed by atoms with Crippen LogP contribution in [0, 0.1) is 0 Å². The molecule has 5 heteroatoms. The van der Waals surface area contributed by atoms with Gasteiger partial charge in [-0.05, 0) is 48.6 Å². The second kappa shape index (κ2) is 6.33. The smallest absolute Gasteiger partial charge is 0.336 e. The molecule has 0 bridgehead atoms. The van der Waals surface area contributed by atoms with Crippen molar-refractivity contribution in [2.75, 3.05) is 11.4 Å². The van der Waals surface area contributed by atoms with Crippen LogP contribution in [-0.4, -0.2) is 17.6 Å². The molecule has 2 heterocycles. The van der Waals surface area contributed by atoms with Crippen molar-refractivity contribution in [2.24, 2.45) is 0 Å². The van der Waals surface area contributed by atoms with Crippen molar-refractivity contribution >= 4 is 22.6 Å². The van der Waals surface area contributed by atoms with Gasteiger partial charge < -0.3 is 14.4 Å². The molecule has 132 valence electrons. The highest BCUT2D eigenvalue weighted by molar-refractivity contribution is 6.15. The van der Waals surface area contributed by atoms with Gasteiger partial charge in [-0.3, -0.25) is 4.79 Å². The van der Waals surface area contributed by atoms with Crippen LogP contribution in [0.5, 0.6) is 5.75 Å². The van der Waals surface area contributed by atoms with Gasteiger partial charge in [0.15, 0.2) is 5.58 Å². The zero-order valence-corrected chi connectivity index (χ0v) is 14.5. The molecule has 26 heavy (non-hydrogen) atoms. The SMILES string of the molecule is CCc1cc(=O)oc2c(C(=O)N3CCCc4ccccc43)c(O)ccc12. The Morgan fingerprint density at radius 1 is 1.23 bits per heavy atom. The van der Waals surface area contributed by atoms with Crippen LogP contribution < -0.4 is 10.5 Å². The van der Waals surface area contributed by atoms with Gasteiger partial charge >= 0.3 is 5.63 Å². The lowest BCUT2D eigenvalue weighted by Crippen LogP contribution is -2.35. The van der Waals surface area contributed by atoms with E-state index in [4.69, 9.17) is 4.42 Å². The summed E-state index contributed by atoms with van der Waals surface area (Å²) in [6.07, 6.45) is 2.39. The van der Waals surface area contributed by atoms with Gasteiger partial charge in [0.1, 0.15) is 11.3 Å². The first kappa shape index (κ1) is 16.4. The molecule has 0 aliphatic carbocycles. The Morgan fingerprint density at radius 2 is 2.04 bits per heavy atom. The Kier molecular flexibility index (Phi) is 3.99. The summed E-state index contributed by atoms with van der Waals surface area (Å²) in [6.45, 7) is 2.49. The largest absolute Gasteiger partial charge is 0.507 e. The first-order valence-corrected chi connectivity index (χ1v) is 8.78. The number of nitrogens with zero attached hydrogens (tertiary/aromatic N) is 1. The molecule has 1 N–H and O–H groups in total. The fourth-order valence-electron chi connectivity index (χ4n) is 3.66. The zero-order valence-electron chi connectivity index (χ0n) is 14.5. The maximum atomic E-state index is 13.3. The van der Waals surface area contributed by atoms with Gasteiger partial charge in [-0.2, -0.15) is 0 Å². The highest BCUT2D eigenvalue weighted by atomic mass is 16.4. The molecule has 5 nitrogen and oxygen atoms in total. The van der Waals surface area contributed by atoms with E-state index in [9.17, 15) is 14.7 Å². The van der Waals surface area contributed by atoms with Gasteiger partial charge in [0.05, 0.1) is 0 Å². The van der Waals surface area contributed by atoms with Gasteiger partial charge in [-0.15, -0.1) is 0 Å². The Hall–Kier alpha value is -3.08. The van der Waals surface area contributed by atoms with Crippen LogP contribution in [0.15, 0.2) is 51.7 Å². The minimum atomic E-state index is -0.520. The molecular weight excluding hydrogens is 330 g/mol. The topological polar surface area (TPSA) is 70.8 Å². The lowest BCUT2D eigenvalue weighted by molar-refractivity contribution is 0.0983. The van der Waals surface area contributed by atoms with Crippen molar-refractivity contribution in [3.8, 4) is 5.75 Å². The van der Waals surface area contributed by atoms with Crippen molar-refractivity contribution in [2.45, 2.75) is 26.2 Å². The van der Waals surface area contributed by atoms with Crippen LogP contribution in [0.4, 0.5) is 5.69 Å². The molecule has 0 atom stereocenters. The first-order valence-electron chi connectivity index (χ1n) is 8.78. The lowest BCUT2D eigenvalue weighted by Gasteiger charge is -2.29. The molecule has 0 radical (unpaired) electrons. The number of aryl methyl sites for hydroxylation is 2. The van der Waals surface area contributed by atoms with E-state index < -0.39 is 5.63 Å². The van der Waals surface area contributed by atoms with Crippen molar-refractivity contribution in [1.29, 1.82) is 0 Å². The Morgan fingerprint density at radius 3 is 2.85 bits per heavy atom. The summed E-state index contributed by atoms with van der Waals surface area (Å²) in [5, 5.41) is 11.1. The standard InChI is InChI=1S/C21H19NO4/c1-2-13-12-18(24)26-20-15(13)9-10-17(23)19(20)21(25)22-11-5-7-14-6-3-4-8-16(14)22/h3-4,6,8-10,12,23H,2,5,7,11H2,1H3. The number of hydrogen-bond donors (Lipinski definition) is 1. The normalized spacial score (nSPS) is 13.7. The van der Waals surface area contributed by atoms with E-state index >= 15 is 0 Å². The van der Waals surface area contributed by atoms with Gasteiger partial charge in [0.2, 0.25) is 0 Å². The van der Waals surface area contributed by atoms with E-state index in [0.717, 1.165) is 29.7 Å². The van der Waals surface area contributed by atoms with Crippen molar-refractivity contribution in [3.05, 3.63) is 69.6 Å². The molecule has 3 aromatic rings. The number of aromatic hydroxyl groups is 1. The molecular formula is C21H19NO4. The molecule has 0 saturated carbocycles. The Balaban J connectivity index is 1.92. The predicted octanol–water partition coefficient (Wildman–Crippen LogP) is 3.65. The van der Waals surface area contributed by atoms with E-state index in [-0.39, 0.29) is 22.8 Å². The highest BCUT2D eigenvalue weighted by Gasteiger charge is 2.28. The fraction of sp³-hybridized carbons (Fsp3) is 0.238. The minimum absolute atomic E-state index is 0.0478. The quantitative estimate of drug-likeness (QED) is 0.717. The molecule has 1 aliphatic rings. The Bertz CT molecular complexity index is 1070. The summed E-state index contributed by atoms with van der Waals surface area (Å²) in [7, 11) is 0. The molecule has 4 rings (SSSR count). The number of anilines is 1. The number of hydrogen-bond acceptors (Lipinski definition) is 4. The van der Waals surface area contributed by atoms with Crippen molar-refractivity contribution in [1.82, 2.24) is 0 Å². The van der Waals surface area contributed by atoms with E-state index in [1.54, 1.807) is 11.0 Å². The second-order valence-electron chi connectivity index (χ2n) is 6.47. The van der Waals surface area contributed by atoms with Crippen LogP contribution in [-0.2, 0) is 12.8 Å². The van der Waals surface area contributed by atoms with E-state index in [0.29, 0.717) is 18.4 Å². The van der Waals surface area contributed by atoms with Gasteiger partial charge in [-0.25, -0.2) is 4.79 Å². The summed E-state index contributed by atoms with van der Waals surface area (Å²) in [6, 6.07) is 12.4. The third kappa shape index (κ3) is 2.56. The van der Waals surface area contributed by atoms with Crippen LogP contribution in [0.1, 0.15) is 34.8 Å². The number of carbonyl (C=O) groups is 1. The highest BCUT2D eigenvalue weighted by Crippen LogP contribution is 2.33. The van der Waals surface area contributed by atoms with Gasteiger partial charge in [-0.1, -0.05) is 25.1 Å². The number of rotatable bonds is 2. The van der Waals surface area contributed by atoms with Crippen LogP contribution >= 0.6 is 0 Å². The van der Waals surface area contributed by atoms with E-state index in [1.165, 1.54) is 12.1 Å². The number of carbonyl (C=O) groups excluding carboxylic acids is 1. The molecule has 0 saturated heterocycles. The molecule has 0 spiro atoms. The van der Waals surface area contributed by atoms with Gasteiger partial charge in [0, 0.05) is 23.7 Å². The van der Waals surface area contributed by atoms with Crippen LogP contribution in [0.2, 0.25) is 0 Å². The van der Waals surface area contributed by atoms with Gasteiger partial charge in [0.25, 0.3) is 5.91 Å². The summed E-state index contributed by atoms with van der Waals surface area (Å²) < 4.78 is 5.35. The average molecular weight is 349 g/mol. The summed E-state index contributed by atoms with van der Waals surface area (Å²) in [4.78, 5) is 26.9. The number of phenols is 1. The van der Waals surface area contributed by atoms with Crippen molar-refractivity contribution < 1.29 is 14.3 Å². The number of phenolic OH excluding ortho intramolecular Hbond substituents is 1. The summed E-state index contributed by atoms with van der Waals surface area (Å²) in [5.41, 5.74) is 2.42. The molecule has 2 aromatic carbocycles. The number of benzene rings is 2. The number of amides is 1. The maximum absolute atomic E-state index is 13.3.